The third kappa shape index (κ3) is 12.1. The predicted molar refractivity (Wildman–Crippen MR) is 217 cm³/mol. The number of β-lactam (4-membered cyclic amide) rings is 1. The van der Waals surface area contributed by atoms with Gasteiger partial charge in [-0.05, 0) is 53.5 Å². The molecule has 5 aromatic carbocycles. The van der Waals surface area contributed by atoms with Crippen LogP contribution in [0, 0.1) is 5.92 Å². The van der Waals surface area contributed by atoms with Crippen LogP contribution in [-0.4, -0.2) is 52.5 Å². The number of nitrogens with one attached hydrogen (secondary N) is 2. The Balaban J connectivity index is 1.13. The van der Waals surface area contributed by atoms with E-state index in [1.54, 1.807) is 4.90 Å². The lowest BCUT2D eigenvalue weighted by molar-refractivity contribution is -0.152. The van der Waals surface area contributed by atoms with Crippen LogP contribution in [0.1, 0.15) is 47.1 Å². The van der Waals surface area contributed by atoms with Crippen molar-refractivity contribution in [1.82, 2.24) is 20.4 Å². The van der Waals surface area contributed by atoms with Gasteiger partial charge in [-0.25, -0.2) is 14.4 Å². The van der Waals surface area contributed by atoms with E-state index >= 15 is 0 Å². The van der Waals surface area contributed by atoms with Crippen molar-refractivity contribution in [3.8, 4) is 0 Å². The van der Waals surface area contributed by atoms with Crippen molar-refractivity contribution in [1.29, 1.82) is 0 Å². The molecule has 1 saturated heterocycles. The molecule has 292 valence electrons. The van der Waals surface area contributed by atoms with Gasteiger partial charge in [0.1, 0.15) is 13.2 Å². The summed E-state index contributed by atoms with van der Waals surface area (Å²) in [6.45, 7) is 0.928. The summed E-state index contributed by atoms with van der Waals surface area (Å²) >= 11 is 0. The van der Waals surface area contributed by atoms with E-state index in [1.807, 2.05) is 152 Å². The highest BCUT2D eigenvalue weighted by molar-refractivity contribution is 6.02. The highest BCUT2D eigenvalue weighted by atomic mass is 16.6. The van der Waals surface area contributed by atoms with Crippen LogP contribution in [0.2, 0.25) is 0 Å². The average molecular weight is 766 g/mol. The third-order valence-electron chi connectivity index (χ3n) is 9.64. The summed E-state index contributed by atoms with van der Waals surface area (Å²) in [7, 11) is 0. The van der Waals surface area contributed by atoms with Gasteiger partial charge < -0.3 is 14.4 Å². The Kier molecular flexibility index (Phi) is 14.6. The first-order chi connectivity index (χ1) is 27.9. The van der Waals surface area contributed by atoms with Crippen molar-refractivity contribution in [3.63, 3.8) is 0 Å². The summed E-state index contributed by atoms with van der Waals surface area (Å²) < 4.78 is 10.7. The molecule has 0 aliphatic carbocycles. The molecule has 1 aliphatic heterocycles. The minimum Gasteiger partial charge on any atom is -0.444 e. The lowest BCUT2D eigenvalue weighted by Gasteiger charge is -2.47. The predicted octanol–water partition coefficient (Wildman–Crippen LogP) is 8.26. The van der Waals surface area contributed by atoms with Gasteiger partial charge in [0.25, 0.3) is 0 Å². The molecular formula is C46H47N5O6. The summed E-state index contributed by atoms with van der Waals surface area (Å²) in [6, 6.07) is 47.3. The fraction of sp³-hybridized carbons (Fsp3) is 0.239. The molecule has 6 rings (SSSR count). The van der Waals surface area contributed by atoms with Crippen LogP contribution < -0.4 is 10.6 Å². The molecule has 0 spiro atoms. The van der Waals surface area contributed by atoms with Gasteiger partial charge in [0.05, 0.1) is 12.0 Å². The summed E-state index contributed by atoms with van der Waals surface area (Å²) in [6.07, 6.45) is 0.593. The minimum absolute atomic E-state index is 0.0237. The Hall–Kier alpha value is -6.75. The van der Waals surface area contributed by atoms with Gasteiger partial charge >= 0.3 is 18.2 Å². The average Bonchev–Trinajstić information content (AvgIpc) is 3.25. The number of nitrogens with zero attached hydrogens (tertiary/aromatic N) is 3. The molecule has 5 aromatic rings. The van der Waals surface area contributed by atoms with Gasteiger partial charge in [-0.15, -0.1) is 0 Å². The maximum atomic E-state index is 14.3. The van der Waals surface area contributed by atoms with Crippen LogP contribution >= 0.6 is 0 Å². The van der Waals surface area contributed by atoms with Crippen molar-refractivity contribution < 1.29 is 28.7 Å². The Labute approximate surface area is 333 Å². The van der Waals surface area contributed by atoms with Crippen molar-refractivity contribution in [3.05, 3.63) is 179 Å². The first-order valence-electron chi connectivity index (χ1n) is 19.2. The second-order valence-corrected chi connectivity index (χ2v) is 13.8. The van der Waals surface area contributed by atoms with E-state index in [2.05, 4.69) is 15.6 Å². The number of carbonyl (C=O) groups excluding carboxylic acids is 4. The second-order valence-electron chi connectivity index (χ2n) is 13.8. The van der Waals surface area contributed by atoms with Crippen LogP contribution in [0.25, 0.3) is 0 Å². The number of hydrogen-bond donors (Lipinski definition) is 2. The summed E-state index contributed by atoms with van der Waals surface area (Å²) in [5.41, 5.74) is 4.65. The van der Waals surface area contributed by atoms with Gasteiger partial charge in [0.15, 0.2) is 0 Å². The Morgan fingerprint density at radius 1 is 0.579 bits per heavy atom. The van der Waals surface area contributed by atoms with Gasteiger partial charge in [0.2, 0.25) is 11.9 Å². The van der Waals surface area contributed by atoms with Gasteiger partial charge in [-0.1, -0.05) is 152 Å². The van der Waals surface area contributed by atoms with Crippen molar-refractivity contribution in [2.24, 2.45) is 10.9 Å². The quantitative estimate of drug-likeness (QED) is 0.0478. The molecule has 0 radical (unpaired) electrons. The molecule has 2 atom stereocenters. The molecule has 11 heteroatoms. The molecule has 0 saturated carbocycles. The SMILES string of the molecule is O=C(NC(=NCCCC1C(=O)N(C(=O)N(Cc2ccccc2)Cc2ccccc2)C1CCc1ccccc1)NC(=O)OCc1ccccc1)OCc1ccccc1. The van der Waals surface area contributed by atoms with Crippen LogP contribution in [0.15, 0.2) is 157 Å². The molecule has 2 unspecified atom stereocenters. The first kappa shape index (κ1) is 39.9. The van der Waals surface area contributed by atoms with E-state index in [9.17, 15) is 19.2 Å². The number of alkyl carbamates (subject to hydrolysis) is 2. The Bertz CT molecular complexity index is 1970. The number of amides is 5. The Morgan fingerprint density at radius 2 is 1.00 bits per heavy atom. The molecule has 0 bridgehead atoms. The monoisotopic (exact) mass is 765 g/mol. The smallest absolute Gasteiger partial charge is 0.414 e. The van der Waals surface area contributed by atoms with Crippen LogP contribution in [0.4, 0.5) is 14.4 Å². The van der Waals surface area contributed by atoms with Crippen molar-refractivity contribution in [2.45, 2.75) is 58.0 Å². The zero-order chi connectivity index (χ0) is 39.7. The number of urea groups is 1. The number of guanidine groups is 1. The van der Waals surface area contributed by atoms with E-state index in [0.717, 1.165) is 27.8 Å². The van der Waals surface area contributed by atoms with Gasteiger partial charge in [0, 0.05) is 19.6 Å². The zero-order valence-corrected chi connectivity index (χ0v) is 31.7. The van der Waals surface area contributed by atoms with Crippen molar-refractivity contribution >= 4 is 30.1 Å². The zero-order valence-electron chi connectivity index (χ0n) is 31.7. The maximum Gasteiger partial charge on any atom is 0.414 e. The molecule has 5 amide bonds. The number of benzene rings is 5. The second kappa shape index (κ2) is 20.8. The van der Waals surface area contributed by atoms with Crippen LogP contribution in [-0.2, 0) is 47.0 Å². The highest BCUT2D eigenvalue weighted by Crippen LogP contribution is 2.35. The molecule has 0 aromatic heterocycles. The molecule has 1 fully saturated rings. The first-order valence-corrected chi connectivity index (χ1v) is 19.2. The van der Waals surface area contributed by atoms with Crippen molar-refractivity contribution in [2.75, 3.05) is 6.54 Å². The number of aryl methyl sites for hydroxylation is 1. The van der Waals surface area contributed by atoms with E-state index in [4.69, 9.17) is 9.47 Å². The summed E-state index contributed by atoms with van der Waals surface area (Å²) in [5, 5.41) is 5.03. The molecule has 1 heterocycles. The number of likely N-dealkylation sites (tertiary alicyclic amines) is 1. The van der Waals surface area contributed by atoms with Crippen LogP contribution in [0.5, 0.6) is 0 Å². The summed E-state index contributed by atoms with van der Waals surface area (Å²) in [5.74, 6) is -0.765. The molecule has 57 heavy (non-hydrogen) atoms. The molecular weight excluding hydrogens is 719 g/mol. The largest absolute Gasteiger partial charge is 0.444 e. The van der Waals surface area contributed by atoms with E-state index in [0.29, 0.717) is 38.8 Å². The number of rotatable bonds is 15. The number of ether oxygens (including phenoxy) is 2. The normalized spacial score (nSPS) is 14.5. The fourth-order valence-electron chi connectivity index (χ4n) is 6.72. The van der Waals surface area contributed by atoms with Gasteiger partial charge in [-0.3, -0.25) is 25.3 Å². The van der Waals surface area contributed by atoms with E-state index in [1.165, 1.54) is 4.90 Å². The topological polar surface area (TPSA) is 130 Å². The van der Waals surface area contributed by atoms with E-state index in [-0.39, 0.29) is 43.7 Å². The number of aliphatic imine (C=N–C) groups is 1. The van der Waals surface area contributed by atoms with Gasteiger partial charge in [-0.2, -0.15) is 0 Å². The Morgan fingerprint density at radius 3 is 1.46 bits per heavy atom. The third-order valence-corrected chi connectivity index (χ3v) is 9.64. The minimum atomic E-state index is -0.805. The fourth-order valence-corrected chi connectivity index (χ4v) is 6.72. The maximum absolute atomic E-state index is 14.3. The summed E-state index contributed by atoms with van der Waals surface area (Å²) in [4.78, 5) is 61.4. The number of imide groups is 1. The van der Waals surface area contributed by atoms with Crippen LogP contribution in [0.3, 0.4) is 0 Å². The number of carbonyl (C=O) groups is 4. The lowest BCUT2D eigenvalue weighted by atomic mass is 9.80. The lowest BCUT2D eigenvalue weighted by Crippen LogP contribution is -2.65. The molecule has 2 N–H and O–H groups in total. The number of hydrogen-bond acceptors (Lipinski definition) is 7. The molecule has 11 nitrogen and oxygen atoms in total. The standard InChI is InChI=1S/C46H47N5O6/c52-42-40(27-16-30-47-43(48-44(53)56-33-38-23-12-4-13-24-38)49-45(54)57-34-39-25-14-5-15-26-39)41(29-28-35-17-6-1-7-18-35)51(42)46(55)50(31-36-19-8-2-9-20-36)32-37-21-10-3-11-22-37/h1-15,17-26,40-41H,16,27-34H2,(H2,47,48,49,53,54). The highest BCUT2D eigenvalue weighted by Gasteiger charge is 2.50. The van der Waals surface area contributed by atoms with E-state index < -0.39 is 18.1 Å². The molecule has 1 aliphatic rings.